The van der Waals surface area contributed by atoms with Gasteiger partial charge in [-0.05, 0) is 24.5 Å². The van der Waals surface area contributed by atoms with Crippen molar-refractivity contribution in [3.63, 3.8) is 0 Å². The maximum Gasteiger partial charge on any atom is 0.190 e. The molecule has 4 nitrogen and oxygen atoms in total. The molecule has 0 aliphatic heterocycles. The van der Waals surface area contributed by atoms with Gasteiger partial charge in [0, 0.05) is 37.0 Å². The van der Waals surface area contributed by atoms with Crippen LogP contribution in [0.2, 0.25) is 5.02 Å². The summed E-state index contributed by atoms with van der Waals surface area (Å²) in [4.78, 5) is 8.80. The molecule has 24 heavy (non-hydrogen) atoms. The Morgan fingerprint density at radius 3 is 2.54 bits per heavy atom. The standard InChI is InChI=1S/C17H23ClN4S.HI/c1-3-16-22-14(12-23-16)9-11-21-17(19-2)20-10-8-13-6-4-5-7-15(13)18;/h4-7,12H,3,8-11H2,1-2H3,(H2,19,20,21);1H. The second-order valence-corrected chi connectivity index (χ2v) is 6.45. The molecule has 0 unspecified atom stereocenters. The summed E-state index contributed by atoms with van der Waals surface area (Å²) in [6.07, 6.45) is 2.78. The molecule has 1 heterocycles. The van der Waals surface area contributed by atoms with E-state index in [1.54, 1.807) is 18.4 Å². The highest BCUT2D eigenvalue weighted by Crippen LogP contribution is 2.14. The first kappa shape index (κ1) is 21.2. The number of rotatable bonds is 7. The van der Waals surface area contributed by atoms with Crippen molar-refractivity contribution in [2.45, 2.75) is 26.2 Å². The SMILES string of the molecule is CCc1nc(CCNC(=NC)NCCc2ccccc2Cl)cs1.I. The second-order valence-electron chi connectivity index (χ2n) is 5.10. The number of aryl methyl sites for hydroxylation is 1. The van der Waals surface area contributed by atoms with Gasteiger partial charge in [-0.25, -0.2) is 4.98 Å². The third-order valence-electron chi connectivity index (χ3n) is 3.44. The van der Waals surface area contributed by atoms with Crippen molar-refractivity contribution in [1.29, 1.82) is 0 Å². The Kier molecular flexibility index (Phi) is 10.3. The Bertz CT molecular complexity index is 645. The third kappa shape index (κ3) is 6.94. The summed E-state index contributed by atoms with van der Waals surface area (Å²) in [6, 6.07) is 7.92. The van der Waals surface area contributed by atoms with Gasteiger partial charge in [0.25, 0.3) is 0 Å². The normalized spacial score (nSPS) is 11.0. The van der Waals surface area contributed by atoms with E-state index in [-0.39, 0.29) is 24.0 Å². The zero-order valence-corrected chi connectivity index (χ0v) is 17.9. The van der Waals surface area contributed by atoms with E-state index in [2.05, 4.69) is 32.9 Å². The van der Waals surface area contributed by atoms with Crippen molar-refractivity contribution in [2.75, 3.05) is 20.1 Å². The average Bonchev–Trinajstić information content (AvgIpc) is 3.03. The molecule has 0 spiro atoms. The molecule has 0 bridgehead atoms. The molecule has 1 aromatic carbocycles. The van der Waals surface area contributed by atoms with E-state index in [0.29, 0.717) is 0 Å². The fourth-order valence-electron chi connectivity index (χ4n) is 2.17. The van der Waals surface area contributed by atoms with E-state index in [1.165, 1.54) is 5.01 Å². The molecule has 0 aliphatic carbocycles. The molecule has 0 fully saturated rings. The minimum atomic E-state index is 0. The number of guanidine groups is 1. The highest BCUT2D eigenvalue weighted by Gasteiger charge is 2.03. The molecule has 7 heteroatoms. The number of hydrogen-bond acceptors (Lipinski definition) is 3. The monoisotopic (exact) mass is 478 g/mol. The Hall–Kier alpha value is -0.860. The first-order chi connectivity index (χ1) is 11.2. The van der Waals surface area contributed by atoms with Crippen LogP contribution in [0.4, 0.5) is 0 Å². The van der Waals surface area contributed by atoms with Gasteiger partial charge in [0.1, 0.15) is 0 Å². The minimum Gasteiger partial charge on any atom is -0.356 e. The van der Waals surface area contributed by atoms with Gasteiger partial charge >= 0.3 is 0 Å². The van der Waals surface area contributed by atoms with E-state index in [1.807, 2.05) is 24.3 Å². The molecule has 132 valence electrons. The highest BCUT2D eigenvalue weighted by molar-refractivity contribution is 14.0. The molecule has 2 aromatic rings. The van der Waals surface area contributed by atoms with Crippen molar-refractivity contribution < 1.29 is 0 Å². The molecular weight excluding hydrogens is 455 g/mol. The van der Waals surface area contributed by atoms with E-state index in [9.17, 15) is 0 Å². The summed E-state index contributed by atoms with van der Waals surface area (Å²) in [5.74, 6) is 0.808. The highest BCUT2D eigenvalue weighted by atomic mass is 127. The summed E-state index contributed by atoms with van der Waals surface area (Å²) in [5, 5.41) is 10.8. The minimum absolute atomic E-state index is 0. The van der Waals surface area contributed by atoms with E-state index in [0.717, 1.165) is 54.6 Å². The van der Waals surface area contributed by atoms with Crippen LogP contribution in [-0.2, 0) is 19.3 Å². The van der Waals surface area contributed by atoms with E-state index < -0.39 is 0 Å². The molecule has 1 aromatic heterocycles. The number of aliphatic imine (C=N–C) groups is 1. The zero-order valence-electron chi connectivity index (χ0n) is 14.0. The lowest BCUT2D eigenvalue weighted by molar-refractivity contribution is 0.776. The summed E-state index contributed by atoms with van der Waals surface area (Å²) < 4.78 is 0. The molecule has 0 radical (unpaired) electrons. The largest absolute Gasteiger partial charge is 0.356 e. The van der Waals surface area contributed by atoms with Crippen molar-refractivity contribution in [1.82, 2.24) is 15.6 Å². The number of aromatic nitrogens is 1. The molecule has 0 aliphatic rings. The predicted octanol–water partition coefficient (Wildman–Crippen LogP) is 3.93. The van der Waals surface area contributed by atoms with Crippen molar-refractivity contribution in [2.24, 2.45) is 4.99 Å². The van der Waals surface area contributed by atoms with Gasteiger partial charge in [0.05, 0.1) is 10.7 Å². The van der Waals surface area contributed by atoms with Crippen LogP contribution in [-0.4, -0.2) is 31.1 Å². The van der Waals surface area contributed by atoms with Crippen molar-refractivity contribution in [3.05, 3.63) is 50.9 Å². The molecule has 0 saturated carbocycles. The molecule has 2 rings (SSSR count). The smallest absolute Gasteiger partial charge is 0.190 e. The third-order valence-corrected chi connectivity index (χ3v) is 4.85. The topological polar surface area (TPSA) is 49.3 Å². The van der Waals surface area contributed by atoms with Crippen LogP contribution in [0, 0.1) is 0 Å². The van der Waals surface area contributed by atoms with Crippen LogP contribution in [0.15, 0.2) is 34.6 Å². The number of halogens is 2. The fourth-order valence-corrected chi connectivity index (χ4v) is 3.18. The summed E-state index contributed by atoms with van der Waals surface area (Å²) in [7, 11) is 1.78. The van der Waals surface area contributed by atoms with Crippen LogP contribution >= 0.6 is 46.9 Å². The van der Waals surface area contributed by atoms with E-state index >= 15 is 0 Å². The van der Waals surface area contributed by atoms with Crippen LogP contribution in [0.3, 0.4) is 0 Å². The average molecular weight is 479 g/mol. The molecular formula is C17H24ClIN4S. The van der Waals surface area contributed by atoms with Gasteiger partial charge in [-0.15, -0.1) is 35.3 Å². The van der Waals surface area contributed by atoms with Gasteiger partial charge in [-0.2, -0.15) is 0 Å². The predicted molar refractivity (Wildman–Crippen MR) is 115 cm³/mol. The van der Waals surface area contributed by atoms with E-state index in [4.69, 9.17) is 11.6 Å². The van der Waals surface area contributed by atoms with Crippen molar-refractivity contribution >= 4 is 52.9 Å². The quantitative estimate of drug-likeness (QED) is 0.360. The Morgan fingerprint density at radius 1 is 1.21 bits per heavy atom. The Labute approximate surface area is 170 Å². The van der Waals surface area contributed by atoms with Crippen LogP contribution in [0.25, 0.3) is 0 Å². The van der Waals surface area contributed by atoms with Gasteiger partial charge < -0.3 is 10.6 Å². The zero-order chi connectivity index (χ0) is 16.5. The summed E-state index contributed by atoms with van der Waals surface area (Å²) in [6.45, 7) is 3.74. The molecule has 0 saturated heterocycles. The summed E-state index contributed by atoms with van der Waals surface area (Å²) >= 11 is 7.89. The van der Waals surface area contributed by atoms with Crippen LogP contribution < -0.4 is 10.6 Å². The van der Waals surface area contributed by atoms with Crippen LogP contribution in [0.1, 0.15) is 23.2 Å². The Morgan fingerprint density at radius 2 is 1.92 bits per heavy atom. The molecule has 2 N–H and O–H groups in total. The fraction of sp³-hybridized carbons (Fsp3) is 0.412. The summed E-state index contributed by atoms with van der Waals surface area (Å²) in [5.41, 5.74) is 2.29. The van der Waals surface area contributed by atoms with Gasteiger partial charge in [0.2, 0.25) is 0 Å². The first-order valence-electron chi connectivity index (χ1n) is 7.84. The number of benzene rings is 1. The number of nitrogens with one attached hydrogen (secondary N) is 2. The lowest BCUT2D eigenvalue weighted by Crippen LogP contribution is -2.39. The number of nitrogens with zero attached hydrogens (tertiary/aromatic N) is 2. The Balaban J connectivity index is 0.00000288. The number of thiazole rings is 1. The van der Waals surface area contributed by atoms with Gasteiger partial charge in [-0.3, -0.25) is 4.99 Å². The lowest BCUT2D eigenvalue weighted by Gasteiger charge is -2.11. The molecule has 0 amide bonds. The first-order valence-corrected chi connectivity index (χ1v) is 9.10. The second kappa shape index (κ2) is 11.7. The van der Waals surface area contributed by atoms with Gasteiger partial charge in [-0.1, -0.05) is 36.7 Å². The lowest BCUT2D eigenvalue weighted by atomic mass is 10.1. The molecule has 0 atom stereocenters. The number of hydrogen-bond donors (Lipinski definition) is 2. The van der Waals surface area contributed by atoms with Gasteiger partial charge in [0.15, 0.2) is 5.96 Å². The maximum atomic E-state index is 6.16. The maximum absolute atomic E-state index is 6.16. The van der Waals surface area contributed by atoms with Crippen molar-refractivity contribution in [3.8, 4) is 0 Å². The van der Waals surface area contributed by atoms with Crippen LogP contribution in [0.5, 0.6) is 0 Å².